The van der Waals surface area contributed by atoms with E-state index in [1.807, 2.05) is 23.1 Å². The topological polar surface area (TPSA) is 45.7 Å². The van der Waals surface area contributed by atoms with Gasteiger partial charge in [-0.05, 0) is 36.6 Å². The molecule has 3 heterocycles. The molecule has 0 saturated carbocycles. The summed E-state index contributed by atoms with van der Waals surface area (Å²) in [5, 5.41) is 0.784. The van der Waals surface area contributed by atoms with Crippen LogP contribution in [-0.2, 0) is 16.0 Å². The number of rotatable bonds is 5. The van der Waals surface area contributed by atoms with Crippen LogP contribution in [0, 0.1) is 0 Å². The van der Waals surface area contributed by atoms with Crippen LogP contribution in [0.3, 0.4) is 0 Å². The molecule has 4 rings (SSSR count). The number of amides is 1. The Labute approximate surface area is 177 Å². The van der Waals surface area contributed by atoms with Crippen molar-refractivity contribution in [3.8, 4) is 0 Å². The number of carbonyl (C=O) groups excluding carboxylic acids is 1. The first-order valence-corrected chi connectivity index (χ1v) is 10.8. The van der Waals surface area contributed by atoms with Gasteiger partial charge in [-0.1, -0.05) is 35.9 Å². The Bertz CT molecular complexity index is 830. The largest absolute Gasteiger partial charge is 0.379 e. The number of morpholine rings is 1. The molecular weight excluding hydrogens is 386 g/mol. The Morgan fingerprint density at radius 2 is 1.79 bits per heavy atom. The van der Waals surface area contributed by atoms with E-state index in [1.165, 1.54) is 0 Å². The summed E-state index contributed by atoms with van der Waals surface area (Å²) in [6.45, 7) is 5.29. The third-order valence-electron chi connectivity index (χ3n) is 5.89. The highest BCUT2D eigenvalue weighted by molar-refractivity contribution is 6.31. The van der Waals surface area contributed by atoms with Gasteiger partial charge in [-0.3, -0.25) is 14.7 Å². The zero-order chi connectivity index (χ0) is 20.1. The maximum Gasteiger partial charge on any atom is 0.236 e. The van der Waals surface area contributed by atoms with E-state index in [0.29, 0.717) is 12.5 Å². The van der Waals surface area contributed by atoms with Crippen LogP contribution in [0.2, 0.25) is 5.02 Å². The average molecular weight is 414 g/mol. The smallest absolute Gasteiger partial charge is 0.236 e. The van der Waals surface area contributed by atoms with Crippen molar-refractivity contribution in [2.24, 2.45) is 0 Å². The molecule has 2 saturated heterocycles. The molecule has 2 aromatic rings. The quantitative estimate of drug-likeness (QED) is 0.754. The lowest BCUT2D eigenvalue weighted by Gasteiger charge is -2.34. The molecule has 2 aliphatic rings. The van der Waals surface area contributed by atoms with Gasteiger partial charge in [0.15, 0.2) is 0 Å². The summed E-state index contributed by atoms with van der Waals surface area (Å²) in [5.41, 5.74) is 3.28. The monoisotopic (exact) mass is 413 g/mol. The molecule has 29 heavy (non-hydrogen) atoms. The molecule has 154 valence electrons. The number of ether oxygens (including phenoxy) is 1. The Hall–Kier alpha value is -1.95. The molecule has 1 amide bonds. The summed E-state index contributed by atoms with van der Waals surface area (Å²) in [5.74, 6) is 0.652. The Morgan fingerprint density at radius 1 is 1.03 bits per heavy atom. The highest BCUT2D eigenvalue weighted by Crippen LogP contribution is 2.27. The molecule has 2 fully saturated rings. The van der Waals surface area contributed by atoms with Crippen LogP contribution in [-0.4, -0.2) is 66.6 Å². The number of pyridine rings is 1. The Balaban J connectivity index is 1.32. The summed E-state index contributed by atoms with van der Waals surface area (Å²) in [6.07, 6.45) is 2.68. The molecule has 0 N–H and O–H groups in total. The lowest BCUT2D eigenvalue weighted by molar-refractivity contribution is -0.134. The molecule has 0 spiro atoms. The van der Waals surface area contributed by atoms with E-state index < -0.39 is 0 Å². The van der Waals surface area contributed by atoms with E-state index in [1.54, 1.807) is 0 Å². The number of likely N-dealkylation sites (tertiary alicyclic amines) is 1. The van der Waals surface area contributed by atoms with Gasteiger partial charge >= 0.3 is 0 Å². The van der Waals surface area contributed by atoms with Crippen LogP contribution in [0.4, 0.5) is 0 Å². The Morgan fingerprint density at radius 3 is 2.55 bits per heavy atom. The van der Waals surface area contributed by atoms with Crippen LogP contribution in [0.25, 0.3) is 0 Å². The van der Waals surface area contributed by atoms with Crippen molar-refractivity contribution in [2.45, 2.75) is 25.2 Å². The second kappa shape index (κ2) is 9.70. The first-order chi connectivity index (χ1) is 14.2. The van der Waals surface area contributed by atoms with E-state index in [0.717, 1.165) is 80.6 Å². The third kappa shape index (κ3) is 5.35. The summed E-state index contributed by atoms with van der Waals surface area (Å²) in [4.78, 5) is 21.7. The highest BCUT2D eigenvalue weighted by atomic mass is 35.5. The van der Waals surface area contributed by atoms with E-state index >= 15 is 0 Å². The van der Waals surface area contributed by atoms with Gasteiger partial charge < -0.3 is 9.64 Å². The lowest BCUT2D eigenvalue weighted by atomic mass is 9.92. The first kappa shape index (κ1) is 20.3. The minimum absolute atomic E-state index is 0.241. The number of nitrogens with zero attached hydrogens (tertiary/aromatic N) is 3. The fourth-order valence-corrected chi connectivity index (χ4v) is 4.34. The van der Waals surface area contributed by atoms with Crippen LogP contribution < -0.4 is 0 Å². The molecule has 1 aromatic heterocycles. The third-order valence-corrected chi connectivity index (χ3v) is 6.25. The maximum atomic E-state index is 12.6. The number of piperidine rings is 1. The molecule has 6 heteroatoms. The summed E-state index contributed by atoms with van der Waals surface area (Å²) < 4.78 is 5.36. The van der Waals surface area contributed by atoms with Crippen molar-refractivity contribution in [3.63, 3.8) is 0 Å². The van der Waals surface area contributed by atoms with Gasteiger partial charge in [0, 0.05) is 54.9 Å². The van der Waals surface area contributed by atoms with Crippen LogP contribution in [0.1, 0.15) is 35.7 Å². The average Bonchev–Trinajstić information content (AvgIpc) is 2.76. The highest BCUT2D eigenvalue weighted by Gasteiger charge is 2.26. The van der Waals surface area contributed by atoms with Gasteiger partial charge in [-0.2, -0.15) is 0 Å². The summed E-state index contributed by atoms with van der Waals surface area (Å²) in [7, 11) is 0. The molecule has 0 unspecified atom stereocenters. The van der Waals surface area contributed by atoms with Crippen LogP contribution in [0.5, 0.6) is 0 Å². The van der Waals surface area contributed by atoms with E-state index in [2.05, 4.69) is 29.2 Å². The molecule has 0 radical (unpaired) electrons. The van der Waals surface area contributed by atoms with Crippen molar-refractivity contribution in [3.05, 3.63) is 64.4 Å². The zero-order valence-corrected chi connectivity index (χ0v) is 17.5. The molecule has 5 nitrogen and oxygen atoms in total. The zero-order valence-electron chi connectivity index (χ0n) is 16.7. The molecular formula is C23H28ClN3O2. The van der Waals surface area contributed by atoms with Crippen molar-refractivity contribution >= 4 is 17.5 Å². The van der Waals surface area contributed by atoms with Crippen LogP contribution >= 0.6 is 11.6 Å². The van der Waals surface area contributed by atoms with Gasteiger partial charge in [-0.15, -0.1) is 0 Å². The fourth-order valence-electron chi connectivity index (χ4n) is 4.14. The summed E-state index contributed by atoms with van der Waals surface area (Å²) in [6, 6.07) is 14.2. The number of hydrogen-bond acceptors (Lipinski definition) is 4. The number of aromatic nitrogens is 1. The van der Waals surface area contributed by atoms with E-state index in [9.17, 15) is 4.79 Å². The molecule has 2 aliphatic heterocycles. The van der Waals surface area contributed by atoms with Crippen molar-refractivity contribution in [2.75, 3.05) is 45.9 Å². The normalized spacial score (nSPS) is 18.7. The Kier molecular flexibility index (Phi) is 6.80. The SMILES string of the molecule is O=C(CN1CCOCC1)N1CCC(c2cccc(Cc3ccccc3Cl)n2)CC1. The standard InChI is InChI=1S/C23H28ClN3O2/c24-21-6-2-1-4-19(21)16-20-5-3-7-22(25-20)18-8-10-27(11-9-18)23(28)17-26-12-14-29-15-13-26/h1-7,18H,8-17H2. The van der Waals surface area contributed by atoms with E-state index in [4.69, 9.17) is 21.3 Å². The summed E-state index contributed by atoms with van der Waals surface area (Å²) >= 11 is 6.30. The molecule has 1 aromatic carbocycles. The van der Waals surface area contributed by atoms with Crippen molar-refractivity contribution in [1.82, 2.24) is 14.8 Å². The number of halogens is 1. The molecule has 0 aliphatic carbocycles. The first-order valence-electron chi connectivity index (χ1n) is 10.5. The number of carbonyl (C=O) groups is 1. The minimum atomic E-state index is 0.241. The lowest BCUT2D eigenvalue weighted by Crippen LogP contribution is -2.46. The minimum Gasteiger partial charge on any atom is -0.379 e. The van der Waals surface area contributed by atoms with Gasteiger partial charge in [0.2, 0.25) is 5.91 Å². The maximum absolute atomic E-state index is 12.6. The predicted octanol–water partition coefficient (Wildman–Crippen LogP) is 3.36. The van der Waals surface area contributed by atoms with Gasteiger partial charge in [0.25, 0.3) is 0 Å². The number of hydrogen-bond donors (Lipinski definition) is 0. The van der Waals surface area contributed by atoms with Gasteiger partial charge in [0.05, 0.1) is 19.8 Å². The van der Waals surface area contributed by atoms with Gasteiger partial charge in [-0.25, -0.2) is 0 Å². The van der Waals surface area contributed by atoms with E-state index in [-0.39, 0.29) is 5.91 Å². The second-order valence-electron chi connectivity index (χ2n) is 7.87. The van der Waals surface area contributed by atoms with Crippen LogP contribution in [0.15, 0.2) is 42.5 Å². The van der Waals surface area contributed by atoms with Crippen molar-refractivity contribution in [1.29, 1.82) is 0 Å². The number of benzene rings is 1. The predicted molar refractivity (Wildman–Crippen MR) is 114 cm³/mol. The second-order valence-corrected chi connectivity index (χ2v) is 8.27. The fraction of sp³-hybridized carbons (Fsp3) is 0.478. The van der Waals surface area contributed by atoms with Crippen molar-refractivity contribution < 1.29 is 9.53 Å². The van der Waals surface area contributed by atoms with Gasteiger partial charge in [0.1, 0.15) is 0 Å². The molecule has 0 atom stereocenters. The molecule has 0 bridgehead atoms.